The second-order valence-corrected chi connectivity index (χ2v) is 4.92. The average Bonchev–Trinajstić information content (AvgIpc) is 2.39. The van der Waals surface area contributed by atoms with E-state index in [1.807, 2.05) is 18.7 Å². The number of piperidine rings is 1. The zero-order chi connectivity index (χ0) is 13.5. The van der Waals surface area contributed by atoms with Crippen LogP contribution in [0.15, 0.2) is 0 Å². The van der Waals surface area contributed by atoms with E-state index >= 15 is 0 Å². The second kappa shape index (κ2) is 7.36. The molecule has 1 heterocycles. The van der Waals surface area contributed by atoms with Crippen LogP contribution in [0.1, 0.15) is 46.0 Å². The summed E-state index contributed by atoms with van der Waals surface area (Å²) in [5, 5.41) is 2.97. The highest BCUT2D eigenvalue weighted by molar-refractivity contribution is 5.81. The summed E-state index contributed by atoms with van der Waals surface area (Å²) in [5.41, 5.74) is 5.83. The standard InChI is InChI=1S/C13H25N3O2/c1-3-5-11(14)13(18)16-8-6-10(7-9-16)15-12(17)4-2/h10-11H,3-9,14H2,1-2H3,(H,15,17)/t11-/m1/s1. The summed E-state index contributed by atoms with van der Waals surface area (Å²) in [6.45, 7) is 5.27. The smallest absolute Gasteiger partial charge is 0.239 e. The van der Waals surface area contributed by atoms with Crippen LogP contribution in [0.25, 0.3) is 0 Å². The Bertz CT molecular complexity index is 286. The maximum atomic E-state index is 12.0. The Hall–Kier alpha value is -1.10. The molecule has 0 radical (unpaired) electrons. The van der Waals surface area contributed by atoms with Gasteiger partial charge in [0.25, 0.3) is 0 Å². The van der Waals surface area contributed by atoms with E-state index in [-0.39, 0.29) is 23.9 Å². The van der Waals surface area contributed by atoms with E-state index in [1.54, 1.807) is 0 Å². The third-order valence-electron chi connectivity index (χ3n) is 3.41. The minimum absolute atomic E-state index is 0.0529. The summed E-state index contributed by atoms with van der Waals surface area (Å²) in [6, 6.07) is -0.152. The minimum atomic E-state index is -0.364. The third kappa shape index (κ3) is 4.29. The molecule has 1 aliphatic heterocycles. The summed E-state index contributed by atoms with van der Waals surface area (Å²) in [6.07, 6.45) is 3.84. The summed E-state index contributed by atoms with van der Waals surface area (Å²) >= 11 is 0. The first kappa shape index (κ1) is 15.0. The molecular formula is C13H25N3O2. The highest BCUT2D eigenvalue weighted by atomic mass is 16.2. The molecule has 0 aliphatic carbocycles. The van der Waals surface area contributed by atoms with Crippen molar-refractivity contribution in [2.45, 2.75) is 58.0 Å². The quantitative estimate of drug-likeness (QED) is 0.756. The Kier molecular flexibility index (Phi) is 6.12. The molecule has 1 atom stereocenters. The lowest BCUT2D eigenvalue weighted by molar-refractivity contribution is -0.134. The first-order valence-corrected chi connectivity index (χ1v) is 6.92. The van der Waals surface area contributed by atoms with Crippen molar-refractivity contribution in [1.29, 1.82) is 0 Å². The van der Waals surface area contributed by atoms with Gasteiger partial charge in [-0.25, -0.2) is 0 Å². The molecule has 5 heteroatoms. The van der Waals surface area contributed by atoms with Crippen LogP contribution >= 0.6 is 0 Å². The van der Waals surface area contributed by atoms with Crippen molar-refractivity contribution in [3.05, 3.63) is 0 Å². The Labute approximate surface area is 109 Å². The van der Waals surface area contributed by atoms with Crippen LogP contribution < -0.4 is 11.1 Å². The number of hydrogen-bond donors (Lipinski definition) is 2. The van der Waals surface area contributed by atoms with E-state index in [4.69, 9.17) is 5.73 Å². The predicted octanol–water partition coefficient (Wildman–Crippen LogP) is 0.631. The normalized spacial score (nSPS) is 18.5. The van der Waals surface area contributed by atoms with Gasteiger partial charge in [0.15, 0.2) is 0 Å². The van der Waals surface area contributed by atoms with Gasteiger partial charge in [-0.15, -0.1) is 0 Å². The number of carbonyl (C=O) groups is 2. The number of nitrogens with zero attached hydrogens (tertiary/aromatic N) is 1. The number of likely N-dealkylation sites (tertiary alicyclic amines) is 1. The van der Waals surface area contributed by atoms with Crippen LogP contribution in [0, 0.1) is 0 Å². The van der Waals surface area contributed by atoms with Gasteiger partial charge in [0.2, 0.25) is 11.8 Å². The number of rotatable bonds is 5. The van der Waals surface area contributed by atoms with Crippen molar-refractivity contribution in [3.63, 3.8) is 0 Å². The first-order valence-electron chi connectivity index (χ1n) is 6.92. The van der Waals surface area contributed by atoms with Crippen LogP contribution in [0.4, 0.5) is 0 Å². The average molecular weight is 255 g/mol. The summed E-state index contributed by atoms with van der Waals surface area (Å²) < 4.78 is 0. The summed E-state index contributed by atoms with van der Waals surface area (Å²) in [5.74, 6) is 0.138. The van der Waals surface area contributed by atoms with E-state index < -0.39 is 0 Å². The highest BCUT2D eigenvalue weighted by Gasteiger charge is 2.26. The molecule has 0 aromatic heterocycles. The maximum absolute atomic E-state index is 12.0. The van der Waals surface area contributed by atoms with Gasteiger partial charge in [0, 0.05) is 25.6 Å². The molecule has 0 bridgehead atoms. The number of nitrogens with one attached hydrogen (secondary N) is 1. The third-order valence-corrected chi connectivity index (χ3v) is 3.41. The van der Waals surface area contributed by atoms with Gasteiger partial charge in [0.1, 0.15) is 0 Å². The number of carbonyl (C=O) groups excluding carboxylic acids is 2. The molecule has 0 aromatic carbocycles. The van der Waals surface area contributed by atoms with Gasteiger partial charge in [-0.2, -0.15) is 0 Å². The molecule has 3 N–H and O–H groups in total. The van der Waals surface area contributed by atoms with Gasteiger partial charge < -0.3 is 16.0 Å². The lowest BCUT2D eigenvalue weighted by atomic mass is 10.0. The fourth-order valence-electron chi connectivity index (χ4n) is 2.24. The predicted molar refractivity (Wildman–Crippen MR) is 70.9 cm³/mol. The van der Waals surface area contributed by atoms with Crippen LogP contribution in [-0.2, 0) is 9.59 Å². The molecule has 0 spiro atoms. The molecule has 104 valence electrons. The van der Waals surface area contributed by atoms with Crippen LogP contribution in [0.2, 0.25) is 0 Å². The summed E-state index contributed by atoms with van der Waals surface area (Å²) in [4.78, 5) is 25.1. The number of amides is 2. The second-order valence-electron chi connectivity index (χ2n) is 4.92. The SMILES string of the molecule is CCC[C@@H](N)C(=O)N1CCC(NC(=O)CC)CC1. The zero-order valence-electron chi connectivity index (χ0n) is 11.4. The van der Waals surface area contributed by atoms with Gasteiger partial charge >= 0.3 is 0 Å². The molecule has 1 aliphatic rings. The van der Waals surface area contributed by atoms with Gasteiger partial charge in [0.05, 0.1) is 6.04 Å². The Balaban J connectivity index is 2.34. The van der Waals surface area contributed by atoms with Crippen molar-refractivity contribution < 1.29 is 9.59 Å². The molecule has 18 heavy (non-hydrogen) atoms. The largest absolute Gasteiger partial charge is 0.353 e. The maximum Gasteiger partial charge on any atom is 0.239 e. The van der Waals surface area contributed by atoms with E-state index in [0.29, 0.717) is 19.5 Å². The monoisotopic (exact) mass is 255 g/mol. The van der Waals surface area contributed by atoms with Crippen LogP contribution in [-0.4, -0.2) is 41.9 Å². The molecular weight excluding hydrogens is 230 g/mol. The zero-order valence-corrected chi connectivity index (χ0v) is 11.4. The number of nitrogens with two attached hydrogens (primary N) is 1. The lowest BCUT2D eigenvalue weighted by Crippen LogP contribution is -2.50. The van der Waals surface area contributed by atoms with Crippen molar-refractivity contribution in [2.75, 3.05) is 13.1 Å². The van der Waals surface area contributed by atoms with E-state index in [1.165, 1.54) is 0 Å². The fourth-order valence-corrected chi connectivity index (χ4v) is 2.24. The highest BCUT2D eigenvalue weighted by Crippen LogP contribution is 2.12. The Morgan fingerprint density at radius 2 is 1.94 bits per heavy atom. The number of hydrogen-bond acceptors (Lipinski definition) is 3. The topological polar surface area (TPSA) is 75.4 Å². The van der Waals surface area contributed by atoms with E-state index in [9.17, 15) is 9.59 Å². The van der Waals surface area contributed by atoms with E-state index in [0.717, 1.165) is 25.7 Å². The lowest BCUT2D eigenvalue weighted by Gasteiger charge is -2.33. The Morgan fingerprint density at radius 1 is 1.33 bits per heavy atom. The van der Waals surface area contributed by atoms with Gasteiger partial charge in [-0.1, -0.05) is 20.3 Å². The van der Waals surface area contributed by atoms with Crippen molar-refractivity contribution in [2.24, 2.45) is 5.73 Å². The molecule has 0 saturated carbocycles. The first-order chi connectivity index (χ1) is 8.58. The molecule has 2 amide bonds. The van der Waals surface area contributed by atoms with Crippen molar-refractivity contribution >= 4 is 11.8 Å². The molecule has 1 saturated heterocycles. The van der Waals surface area contributed by atoms with Crippen molar-refractivity contribution in [1.82, 2.24) is 10.2 Å². The van der Waals surface area contributed by atoms with E-state index in [2.05, 4.69) is 5.32 Å². The molecule has 0 aromatic rings. The Morgan fingerprint density at radius 3 is 2.44 bits per heavy atom. The molecule has 1 fully saturated rings. The minimum Gasteiger partial charge on any atom is -0.353 e. The summed E-state index contributed by atoms with van der Waals surface area (Å²) in [7, 11) is 0. The molecule has 5 nitrogen and oxygen atoms in total. The fraction of sp³-hybridized carbons (Fsp3) is 0.846. The van der Waals surface area contributed by atoms with Crippen molar-refractivity contribution in [3.8, 4) is 0 Å². The van der Waals surface area contributed by atoms with Gasteiger partial charge in [-0.3, -0.25) is 9.59 Å². The van der Waals surface area contributed by atoms with Gasteiger partial charge in [-0.05, 0) is 19.3 Å². The van der Waals surface area contributed by atoms with Crippen LogP contribution in [0.3, 0.4) is 0 Å². The van der Waals surface area contributed by atoms with Crippen LogP contribution in [0.5, 0.6) is 0 Å². The molecule has 0 unspecified atom stereocenters. The molecule has 1 rings (SSSR count).